The van der Waals surface area contributed by atoms with Gasteiger partial charge in [-0.05, 0) is 47.7 Å². The van der Waals surface area contributed by atoms with Gasteiger partial charge in [-0.1, -0.05) is 44.2 Å². The average molecular weight is 394 g/mol. The fraction of sp³-hybridized carbons (Fsp3) is 0.217. The lowest BCUT2D eigenvalue weighted by Gasteiger charge is -2.30. The number of aliphatic hydroxyl groups is 2. The number of benzene rings is 2. The van der Waals surface area contributed by atoms with Gasteiger partial charge in [0.05, 0.1) is 0 Å². The summed E-state index contributed by atoms with van der Waals surface area (Å²) in [6.07, 6.45) is 6.47. The summed E-state index contributed by atoms with van der Waals surface area (Å²) in [5.74, 6) is 0.556. The Morgan fingerprint density at radius 2 is 1.31 bits per heavy atom. The van der Waals surface area contributed by atoms with Gasteiger partial charge in [-0.3, -0.25) is 0 Å². The van der Waals surface area contributed by atoms with Crippen LogP contribution in [0.25, 0.3) is 0 Å². The number of nitrogens with zero attached hydrogens (tertiary/aromatic N) is 2. The zero-order valence-corrected chi connectivity index (χ0v) is 16.6. The number of rotatable bonds is 6. The number of aromatic hydroxyl groups is 2. The molecule has 0 aliphatic heterocycles. The maximum atomic E-state index is 10.2. The van der Waals surface area contributed by atoms with Crippen LogP contribution in [0.15, 0.2) is 61.7 Å². The summed E-state index contributed by atoms with van der Waals surface area (Å²) in [6, 6.07) is 11.0. The molecule has 29 heavy (non-hydrogen) atoms. The molecule has 2 aromatic rings. The number of phenols is 2. The first-order chi connectivity index (χ1) is 13.7. The summed E-state index contributed by atoms with van der Waals surface area (Å²) >= 11 is 0. The van der Waals surface area contributed by atoms with Crippen LogP contribution in [0.5, 0.6) is 11.5 Å². The van der Waals surface area contributed by atoms with Crippen molar-refractivity contribution < 1.29 is 20.4 Å². The minimum absolute atomic E-state index is 0.254. The molecule has 152 valence electrons. The summed E-state index contributed by atoms with van der Waals surface area (Å²) in [5.41, 5.74) is 4.01. The molecule has 0 amide bonds. The van der Waals surface area contributed by atoms with Crippen LogP contribution in [0.1, 0.15) is 36.1 Å². The number of phenolic OH excluding ortho intramolecular Hbond substituents is 2. The third-order valence-corrected chi connectivity index (χ3v) is 4.37. The number of hydrogen-bond donors (Lipinski definition) is 4. The minimum Gasteiger partial charge on any atom is -0.508 e. The second-order valence-corrected chi connectivity index (χ2v) is 6.45. The molecule has 2 aromatic carbocycles. The first kappa shape index (κ1) is 25.1. The van der Waals surface area contributed by atoms with E-state index >= 15 is 0 Å². The third kappa shape index (κ3) is 6.97. The summed E-state index contributed by atoms with van der Waals surface area (Å²) in [4.78, 5) is 0. The molecule has 2 rings (SSSR count). The molecular formula is C23H26N2O4. The largest absolute Gasteiger partial charge is 0.508 e. The van der Waals surface area contributed by atoms with Crippen LogP contribution >= 0.6 is 0 Å². The van der Waals surface area contributed by atoms with Gasteiger partial charge in [0.15, 0.2) is 0 Å². The molecule has 0 atom stereocenters. The van der Waals surface area contributed by atoms with E-state index in [1.165, 1.54) is 0 Å². The number of allylic oxidation sites excluding steroid dienone is 2. The lowest BCUT2D eigenvalue weighted by atomic mass is 9.74. The standard InChI is InChI=1S/C21H24O2.2CHNO/c1-5-7-17-18(8-6-2)20(23)14-13-19(17)21(3,4)15-9-11-16(22)12-10-15;2*2-1-3/h5-6,9-14,22-23H,1-2,7-8H2,3-4H3;2*3H. The summed E-state index contributed by atoms with van der Waals surface area (Å²) in [7, 11) is 0. The van der Waals surface area contributed by atoms with Crippen molar-refractivity contribution in [1.82, 2.24) is 0 Å². The summed E-state index contributed by atoms with van der Waals surface area (Å²) in [5, 5.41) is 47.3. The topological polar surface area (TPSA) is 128 Å². The molecule has 0 aliphatic rings. The molecule has 0 aliphatic carbocycles. The van der Waals surface area contributed by atoms with Crippen LogP contribution < -0.4 is 0 Å². The predicted octanol–water partition coefficient (Wildman–Crippen LogP) is 4.56. The van der Waals surface area contributed by atoms with E-state index < -0.39 is 0 Å². The molecule has 0 bridgehead atoms. The van der Waals surface area contributed by atoms with Crippen molar-refractivity contribution in [1.29, 1.82) is 10.5 Å². The quantitative estimate of drug-likeness (QED) is 0.420. The van der Waals surface area contributed by atoms with Gasteiger partial charge < -0.3 is 20.4 Å². The molecule has 6 heteroatoms. The lowest BCUT2D eigenvalue weighted by molar-refractivity contribution is 0.467. The maximum absolute atomic E-state index is 10.2. The maximum Gasteiger partial charge on any atom is 0.283 e. The second-order valence-electron chi connectivity index (χ2n) is 6.45. The van der Waals surface area contributed by atoms with Gasteiger partial charge in [-0.2, -0.15) is 10.5 Å². The third-order valence-electron chi connectivity index (χ3n) is 4.37. The molecule has 6 nitrogen and oxygen atoms in total. The Kier molecular flexibility index (Phi) is 10.8. The molecule has 0 aromatic heterocycles. The molecule has 0 spiro atoms. The molecular weight excluding hydrogens is 368 g/mol. The lowest BCUT2D eigenvalue weighted by Crippen LogP contribution is -2.21. The van der Waals surface area contributed by atoms with Crippen LogP contribution in [0.3, 0.4) is 0 Å². The van der Waals surface area contributed by atoms with Gasteiger partial charge >= 0.3 is 0 Å². The summed E-state index contributed by atoms with van der Waals surface area (Å²) in [6.45, 7) is 11.9. The molecule has 0 radical (unpaired) electrons. The molecule has 0 saturated heterocycles. The smallest absolute Gasteiger partial charge is 0.283 e. The van der Waals surface area contributed by atoms with Crippen molar-refractivity contribution >= 4 is 0 Å². The Bertz CT molecular complexity index is 877. The van der Waals surface area contributed by atoms with Crippen molar-refractivity contribution in [3.05, 3.63) is 84.0 Å². The van der Waals surface area contributed by atoms with E-state index in [2.05, 4.69) is 27.0 Å². The Labute approximate surface area is 171 Å². The second kappa shape index (κ2) is 12.5. The van der Waals surface area contributed by atoms with Gasteiger partial charge in [0, 0.05) is 11.0 Å². The first-order valence-electron chi connectivity index (χ1n) is 8.66. The van der Waals surface area contributed by atoms with Crippen LogP contribution in [-0.4, -0.2) is 20.4 Å². The van der Waals surface area contributed by atoms with Gasteiger partial charge in [0.1, 0.15) is 11.5 Å². The zero-order chi connectivity index (χ0) is 22.4. The highest BCUT2D eigenvalue weighted by Gasteiger charge is 2.27. The van der Waals surface area contributed by atoms with Gasteiger partial charge in [-0.25, -0.2) is 0 Å². The Morgan fingerprint density at radius 3 is 1.76 bits per heavy atom. The SMILES string of the molecule is C=CCc1c(O)ccc(C(C)(C)c2ccc(O)cc2)c1CC=C.N#CO.N#CO. The van der Waals surface area contributed by atoms with E-state index in [4.69, 9.17) is 20.7 Å². The predicted molar refractivity (Wildman–Crippen MR) is 111 cm³/mol. The van der Waals surface area contributed by atoms with Crippen molar-refractivity contribution in [3.63, 3.8) is 0 Å². The minimum atomic E-state index is -0.254. The van der Waals surface area contributed by atoms with Gasteiger partial charge in [0.2, 0.25) is 0 Å². The molecule has 4 N–H and O–H groups in total. The van der Waals surface area contributed by atoms with Crippen LogP contribution in [-0.2, 0) is 18.3 Å². The van der Waals surface area contributed by atoms with E-state index in [1.54, 1.807) is 24.3 Å². The van der Waals surface area contributed by atoms with Crippen LogP contribution in [0.4, 0.5) is 0 Å². The Balaban J connectivity index is 0.00000116. The highest BCUT2D eigenvalue weighted by Crippen LogP contribution is 2.38. The average Bonchev–Trinajstić information content (AvgIpc) is 2.66. The van der Waals surface area contributed by atoms with Crippen molar-refractivity contribution in [2.24, 2.45) is 0 Å². The summed E-state index contributed by atoms with van der Waals surface area (Å²) < 4.78 is 0. The fourth-order valence-corrected chi connectivity index (χ4v) is 3.05. The Hall–Kier alpha value is -3.90. The van der Waals surface area contributed by atoms with Gasteiger partial charge in [0.25, 0.3) is 12.5 Å². The van der Waals surface area contributed by atoms with Gasteiger partial charge in [-0.15, -0.1) is 13.2 Å². The molecule has 0 heterocycles. The number of nitriles is 2. The molecule has 0 saturated carbocycles. The number of hydrogen-bond acceptors (Lipinski definition) is 6. The van der Waals surface area contributed by atoms with E-state index in [0.29, 0.717) is 18.6 Å². The van der Waals surface area contributed by atoms with E-state index in [1.807, 2.05) is 24.3 Å². The molecule has 0 unspecified atom stereocenters. The van der Waals surface area contributed by atoms with E-state index in [0.717, 1.165) is 34.8 Å². The monoisotopic (exact) mass is 394 g/mol. The number of aliphatic hydroxyl groups excluding tert-OH is 2. The van der Waals surface area contributed by atoms with Crippen molar-refractivity contribution in [2.45, 2.75) is 32.1 Å². The normalized spacial score (nSPS) is 9.38. The highest BCUT2D eigenvalue weighted by molar-refractivity contribution is 5.52. The van der Waals surface area contributed by atoms with Crippen LogP contribution in [0, 0.1) is 23.0 Å². The molecule has 0 fully saturated rings. The highest BCUT2D eigenvalue weighted by atomic mass is 16.3. The Morgan fingerprint density at radius 1 is 0.862 bits per heavy atom. The van der Waals surface area contributed by atoms with E-state index in [-0.39, 0.29) is 11.2 Å². The van der Waals surface area contributed by atoms with E-state index in [9.17, 15) is 10.2 Å². The zero-order valence-electron chi connectivity index (χ0n) is 16.6. The fourth-order valence-electron chi connectivity index (χ4n) is 3.05. The van der Waals surface area contributed by atoms with Crippen molar-refractivity contribution in [3.8, 4) is 24.0 Å². The van der Waals surface area contributed by atoms with Crippen LogP contribution in [0.2, 0.25) is 0 Å². The van der Waals surface area contributed by atoms with Crippen molar-refractivity contribution in [2.75, 3.05) is 0 Å². The first-order valence-corrected chi connectivity index (χ1v) is 8.66.